The molecule has 7 heteroatoms. The van der Waals surface area contributed by atoms with Gasteiger partial charge in [-0.1, -0.05) is 53.7 Å². The van der Waals surface area contributed by atoms with Gasteiger partial charge in [0, 0.05) is 55.6 Å². The largest absolute Gasteiger partial charge is 0.466 e. The molecule has 0 saturated heterocycles. The number of rotatable bonds is 12. The number of ketones is 1. The summed E-state index contributed by atoms with van der Waals surface area (Å²) in [6, 6.07) is 18.7. The summed E-state index contributed by atoms with van der Waals surface area (Å²) < 4.78 is 6.38. The third kappa shape index (κ3) is 7.49. The van der Waals surface area contributed by atoms with E-state index < -0.39 is 0 Å². The molecule has 0 aliphatic rings. The zero-order chi connectivity index (χ0) is 26.8. The van der Waals surface area contributed by atoms with Crippen molar-refractivity contribution in [1.29, 1.82) is 0 Å². The van der Waals surface area contributed by atoms with Gasteiger partial charge >= 0.3 is 5.97 Å². The van der Waals surface area contributed by atoms with Crippen molar-refractivity contribution >= 4 is 17.5 Å². The Kier molecular flexibility index (Phi) is 9.95. The number of unbranched alkanes of at least 4 members (excludes halogenated alkanes) is 1. The van der Waals surface area contributed by atoms with Gasteiger partial charge in [-0.15, -0.1) is 0 Å². The van der Waals surface area contributed by atoms with Crippen molar-refractivity contribution in [2.45, 2.75) is 51.9 Å². The second-order valence-electron chi connectivity index (χ2n) is 9.08. The van der Waals surface area contributed by atoms with Crippen LogP contribution in [-0.2, 0) is 16.6 Å². The molecule has 194 valence electrons. The van der Waals surface area contributed by atoms with Gasteiger partial charge in [0.05, 0.1) is 12.3 Å². The lowest BCUT2D eigenvalue weighted by Crippen LogP contribution is -2.18. The van der Waals surface area contributed by atoms with Crippen molar-refractivity contribution in [3.05, 3.63) is 105 Å². The molecule has 0 spiro atoms. The quantitative estimate of drug-likeness (QED) is 0.0893. The summed E-state index contributed by atoms with van der Waals surface area (Å²) in [6.07, 6.45) is 4.00. The van der Waals surface area contributed by atoms with Crippen LogP contribution in [0.15, 0.2) is 76.8 Å². The van der Waals surface area contributed by atoms with E-state index in [0.29, 0.717) is 55.5 Å². The third-order valence-corrected chi connectivity index (χ3v) is 6.48. The van der Waals surface area contributed by atoms with Crippen molar-refractivity contribution < 1.29 is 19.5 Å². The van der Waals surface area contributed by atoms with Crippen LogP contribution in [0, 0.1) is 6.92 Å². The minimum absolute atomic E-state index is 0.0330. The van der Waals surface area contributed by atoms with Crippen LogP contribution in [-0.4, -0.2) is 33.8 Å². The molecular formula is C30H34N2O5. The Hall–Kier alpha value is -4.00. The zero-order valence-electron chi connectivity index (χ0n) is 21.6. The maximum atomic E-state index is 12.7. The summed E-state index contributed by atoms with van der Waals surface area (Å²) >= 11 is 0. The number of carbonyl (C=O) groups is 2. The molecule has 37 heavy (non-hydrogen) atoms. The van der Waals surface area contributed by atoms with E-state index in [9.17, 15) is 19.6 Å². The van der Waals surface area contributed by atoms with E-state index in [4.69, 9.17) is 4.74 Å². The monoisotopic (exact) mass is 502 g/mol. The number of benzene rings is 2. The van der Waals surface area contributed by atoms with E-state index in [1.165, 1.54) is 10.6 Å². The van der Waals surface area contributed by atoms with E-state index in [0.717, 1.165) is 16.7 Å². The standard InChI is InChI=1S/C30H34N2O5/c1-4-37-30(35)12-8-7-11-28(33)23-15-13-22(14-16-23)26(25-10-6-5-9-21(25)2)19-27(31-36)24-17-18-29(34)32(3)20-24/h5-6,9-10,13-18,20,26,36H,4,7-8,11-12,19H2,1-3H3/b31-27+. The van der Waals surface area contributed by atoms with Gasteiger partial charge in [0.25, 0.3) is 0 Å². The van der Waals surface area contributed by atoms with E-state index in [1.54, 1.807) is 26.2 Å². The number of nitrogens with zero attached hydrogens (tertiary/aromatic N) is 2. The van der Waals surface area contributed by atoms with Crippen molar-refractivity contribution in [3.8, 4) is 0 Å². The number of hydrogen-bond donors (Lipinski definition) is 1. The Labute approximate surface area is 217 Å². The third-order valence-electron chi connectivity index (χ3n) is 6.48. The minimum Gasteiger partial charge on any atom is -0.466 e. The Balaban J connectivity index is 1.80. The molecule has 2 aromatic carbocycles. The van der Waals surface area contributed by atoms with Gasteiger partial charge in [-0.3, -0.25) is 14.4 Å². The first-order valence-electron chi connectivity index (χ1n) is 12.6. The molecule has 0 aliphatic carbocycles. The fourth-order valence-electron chi connectivity index (χ4n) is 4.39. The Morgan fingerprint density at radius 3 is 2.30 bits per heavy atom. The van der Waals surface area contributed by atoms with Crippen LogP contribution in [0.3, 0.4) is 0 Å². The molecular weight excluding hydrogens is 468 g/mol. The van der Waals surface area contributed by atoms with Crippen LogP contribution in [0.5, 0.6) is 0 Å². The fourth-order valence-corrected chi connectivity index (χ4v) is 4.39. The number of oxime groups is 1. The average Bonchev–Trinajstić information content (AvgIpc) is 2.90. The fraction of sp³-hybridized carbons (Fsp3) is 0.333. The van der Waals surface area contributed by atoms with Gasteiger partial charge in [-0.25, -0.2) is 0 Å². The minimum atomic E-state index is -0.231. The van der Waals surface area contributed by atoms with Crippen molar-refractivity contribution in [2.24, 2.45) is 12.2 Å². The molecule has 1 atom stereocenters. The molecule has 3 aromatic rings. The number of carbonyl (C=O) groups excluding carboxylic acids is 2. The van der Waals surface area contributed by atoms with Crippen LogP contribution >= 0.6 is 0 Å². The van der Waals surface area contributed by atoms with Crippen LogP contribution < -0.4 is 5.56 Å². The number of aryl methyl sites for hydroxylation is 2. The van der Waals surface area contributed by atoms with Gasteiger partial charge in [-0.05, 0) is 49.4 Å². The van der Waals surface area contributed by atoms with Gasteiger partial charge in [0.15, 0.2) is 5.78 Å². The molecule has 3 rings (SSSR count). The molecule has 0 saturated carbocycles. The van der Waals surface area contributed by atoms with Gasteiger partial charge in [-0.2, -0.15) is 0 Å². The summed E-state index contributed by atoms with van der Waals surface area (Å²) in [5.41, 5.74) is 4.79. The molecule has 1 heterocycles. The second kappa shape index (κ2) is 13.3. The topological polar surface area (TPSA) is 98.0 Å². The Bertz CT molecular complexity index is 1310. The second-order valence-corrected chi connectivity index (χ2v) is 9.08. The van der Waals surface area contributed by atoms with Crippen molar-refractivity contribution in [1.82, 2.24) is 4.57 Å². The lowest BCUT2D eigenvalue weighted by Gasteiger charge is -2.21. The maximum absolute atomic E-state index is 12.7. The average molecular weight is 503 g/mol. The Morgan fingerprint density at radius 1 is 0.973 bits per heavy atom. The highest BCUT2D eigenvalue weighted by Crippen LogP contribution is 2.32. The highest BCUT2D eigenvalue weighted by atomic mass is 16.5. The van der Waals surface area contributed by atoms with Gasteiger partial charge < -0.3 is 14.5 Å². The van der Waals surface area contributed by atoms with Crippen LogP contribution in [0.25, 0.3) is 0 Å². The first-order valence-corrected chi connectivity index (χ1v) is 12.6. The summed E-state index contributed by atoms with van der Waals surface area (Å²) in [4.78, 5) is 36.0. The molecule has 1 aromatic heterocycles. The van der Waals surface area contributed by atoms with Crippen molar-refractivity contribution in [3.63, 3.8) is 0 Å². The smallest absolute Gasteiger partial charge is 0.305 e. The van der Waals surface area contributed by atoms with Gasteiger partial charge in [0.1, 0.15) is 0 Å². The van der Waals surface area contributed by atoms with Crippen LogP contribution in [0.1, 0.15) is 77.6 Å². The lowest BCUT2D eigenvalue weighted by atomic mass is 9.83. The highest BCUT2D eigenvalue weighted by molar-refractivity contribution is 6.00. The van der Waals surface area contributed by atoms with E-state index in [2.05, 4.69) is 11.2 Å². The molecule has 0 aliphatic heterocycles. The number of aromatic nitrogens is 1. The zero-order valence-corrected chi connectivity index (χ0v) is 21.6. The molecule has 0 fully saturated rings. The molecule has 1 N–H and O–H groups in total. The molecule has 0 radical (unpaired) electrons. The molecule has 1 unspecified atom stereocenters. The lowest BCUT2D eigenvalue weighted by molar-refractivity contribution is -0.143. The predicted octanol–water partition coefficient (Wildman–Crippen LogP) is 5.40. The highest BCUT2D eigenvalue weighted by Gasteiger charge is 2.21. The maximum Gasteiger partial charge on any atom is 0.305 e. The molecule has 7 nitrogen and oxygen atoms in total. The summed E-state index contributed by atoms with van der Waals surface area (Å²) in [6.45, 7) is 4.18. The van der Waals surface area contributed by atoms with Crippen LogP contribution in [0.4, 0.5) is 0 Å². The number of Topliss-reactive ketones (excluding diaryl/α,β-unsaturated/α-hetero) is 1. The van der Waals surface area contributed by atoms with Crippen LogP contribution in [0.2, 0.25) is 0 Å². The summed E-state index contributed by atoms with van der Waals surface area (Å²) in [5.74, 6) is -0.325. The van der Waals surface area contributed by atoms with Gasteiger partial charge in [0.2, 0.25) is 5.56 Å². The number of pyridine rings is 1. The normalized spacial score (nSPS) is 12.2. The van der Waals surface area contributed by atoms with E-state index in [-0.39, 0.29) is 23.2 Å². The molecule has 0 bridgehead atoms. The Morgan fingerprint density at radius 2 is 1.65 bits per heavy atom. The number of esters is 1. The summed E-state index contributed by atoms with van der Waals surface area (Å²) in [7, 11) is 1.66. The van der Waals surface area contributed by atoms with Crippen molar-refractivity contribution in [2.75, 3.05) is 6.61 Å². The number of ether oxygens (including phenoxy) is 1. The number of hydrogen-bond acceptors (Lipinski definition) is 6. The first-order chi connectivity index (χ1) is 17.8. The van der Waals surface area contributed by atoms with E-state index in [1.807, 2.05) is 49.4 Å². The summed E-state index contributed by atoms with van der Waals surface area (Å²) in [5, 5.41) is 13.4. The van der Waals surface area contributed by atoms with E-state index >= 15 is 0 Å². The first kappa shape index (κ1) is 27.6. The predicted molar refractivity (Wildman–Crippen MR) is 144 cm³/mol. The molecule has 0 amide bonds. The SMILES string of the molecule is CCOC(=O)CCCCC(=O)c1ccc(C(C/C(=N\O)c2ccc(=O)n(C)c2)c2ccccc2C)cc1.